The van der Waals surface area contributed by atoms with Crippen LogP contribution < -0.4 is 17.2 Å². The predicted octanol–water partition coefficient (Wildman–Crippen LogP) is -1.47. The van der Waals surface area contributed by atoms with Crippen molar-refractivity contribution < 1.29 is 14.5 Å². The zero-order chi connectivity index (χ0) is 13.5. The molecule has 0 amide bonds. The largest absolute Gasteiger partial charge is 0.460 e. The van der Waals surface area contributed by atoms with E-state index in [9.17, 15) is 14.9 Å². The van der Waals surface area contributed by atoms with Crippen molar-refractivity contribution in [3.8, 4) is 0 Å². The molecule has 0 aromatic carbocycles. The fraction of sp³-hybridized carbons (Fsp3) is 0.750. The van der Waals surface area contributed by atoms with Gasteiger partial charge in [-0.3, -0.25) is 20.8 Å². The van der Waals surface area contributed by atoms with Gasteiger partial charge in [-0.05, 0) is 13.3 Å². The van der Waals surface area contributed by atoms with Gasteiger partial charge in [-0.25, -0.2) is 4.79 Å². The van der Waals surface area contributed by atoms with E-state index in [1.165, 1.54) is 6.92 Å². The maximum absolute atomic E-state index is 11.4. The molecule has 0 unspecified atom stereocenters. The van der Waals surface area contributed by atoms with Crippen molar-refractivity contribution in [3.63, 3.8) is 0 Å². The van der Waals surface area contributed by atoms with Crippen LogP contribution in [0.15, 0.2) is 4.99 Å². The smallest absolute Gasteiger partial charge is 0.401 e. The van der Waals surface area contributed by atoms with Crippen molar-refractivity contribution in [2.24, 2.45) is 22.2 Å². The van der Waals surface area contributed by atoms with E-state index in [4.69, 9.17) is 17.2 Å². The number of carbonyl (C=O) groups is 1. The molecule has 6 N–H and O–H groups in total. The van der Waals surface area contributed by atoms with Crippen LogP contribution in [0.2, 0.25) is 0 Å². The molecule has 0 aromatic heterocycles. The van der Waals surface area contributed by atoms with Gasteiger partial charge in [0.2, 0.25) is 0 Å². The summed E-state index contributed by atoms with van der Waals surface area (Å²) in [6, 6.07) is 0. The molecule has 1 atom stereocenters. The maximum atomic E-state index is 11.4. The number of hydrogen-bond donors (Lipinski definition) is 3. The van der Waals surface area contributed by atoms with Crippen LogP contribution in [0.1, 0.15) is 19.8 Å². The Labute approximate surface area is 98.1 Å². The first kappa shape index (κ1) is 15.1. The van der Waals surface area contributed by atoms with Crippen LogP contribution in [-0.4, -0.2) is 35.7 Å². The zero-order valence-electron chi connectivity index (χ0n) is 9.59. The minimum absolute atomic E-state index is 0.0273. The Bertz CT molecular complexity index is 315. The molecule has 0 spiro atoms. The lowest BCUT2D eigenvalue weighted by Crippen LogP contribution is -2.55. The van der Waals surface area contributed by atoms with Gasteiger partial charge in [-0.1, -0.05) is 0 Å². The monoisotopic (exact) mass is 247 g/mol. The summed E-state index contributed by atoms with van der Waals surface area (Å²) in [6.07, 6.45) is 0.00378. The number of hydrogen-bond acceptors (Lipinski definition) is 6. The number of ether oxygens (including phenoxy) is 1. The highest BCUT2D eigenvalue weighted by Gasteiger charge is 2.48. The summed E-state index contributed by atoms with van der Waals surface area (Å²) >= 11 is 0. The lowest BCUT2D eigenvalue weighted by atomic mass is 10.1. The average Bonchev–Trinajstić information content (AvgIpc) is 2.23. The number of rotatable bonds is 7. The maximum Gasteiger partial charge on any atom is 0.401 e. The van der Waals surface area contributed by atoms with E-state index in [1.54, 1.807) is 0 Å². The molecule has 17 heavy (non-hydrogen) atoms. The Hall–Kier alpha value is -1.90. The molecule has 0 heterocycles. The van der Waals surface area contributed by atoms with Crippen LogP contribution in [-0.2, 0) is 9.53 Å². The van der Waals surface area contributed by atoms with Crippen molar-refractivity contribution in [2.75, 3.05) is 13.2 Å². The Morgan fingerprint density at radius 1 is 1.53 bits per heavy atom. The van der Waals surface area contributed by atoms with Crippen molar-refractivity contribution in [3.05, 3.63) is 10.1 Å². The first-order valence-corrected chi connectivity index (χ1v) is 5.00. The molecule has 0 aromatic rings. The molecular formula is C8H17N5O4. The van der Waals surface area contributed by atoms with Crippen molar-refractivity contribution in [1.82, 2.24) is 0 Å². The second-order valence-electron chi connectivity index (χ2n) is 3.31. The minimum Gasteiger partial charge on any atom is -0.460 e. The van der Waals surface area contributed by atoms with Gasteiger partial charge in [0, 0.05) is 13.0 Å². The van der Waals surface area contributed by atoms with Gasteiger partial charge in [0.1, 0.15) is 0 Å². The number of carbonyl (C=O) groups excluding carboxylic acids is 1. The molecule has 0 aliphatic rings. The van der Waals surface area contributed by atoms with Crippen molar-refractivity contribution in [2.45, 2.75) is 25.4 Å². The summed E-state index contributed by atoms with van der Waals surface area (Å²) in [6.45, 7) is 1.73. The van der Waals surface area contributed by atoms with Gasteiger partial charge in [-0.15, -0.1) is 0 Å². The van der Waals surface area contributed by atoms with E-state index in [0.717, 1.165) is 0 Å². The molecule has 0 rings (SSSR count). The highest BCUT2D eigenvalue weighted by molar-refractivity contribution is 5.78. The number of nitrogens with two attached hydrogens (primary N) is 3. The first-order valence-electron chi connectivity index (χ1n) is 5.00. The van der Waals surface area contributed by atoms with Gasteiger partial charge >= 0.3 is 11.6 Å². The molecule has 0 saturated carbocycles. The molecule has 0 saturated heterocycles. The number of aliphatic imine (C=N–C) groups is 1. The second-order valence-corrected chi connectivity index (χ2v) is 3.31. The number of nitrogens with zero attached hydrogens (tertiary/aromatic N) is 2. The molecule has 0 fully saturated rings. The van der Waals surface area contributed by atoms with Crippen LogP contribution >= 0.6 is 0 Å². The normalized spacial score (nSPS) is 13.5. The molecular weight excluding hydrogens is 230 g/mol. The van der Waals surface area contributed by atoms with Crippen molar-refractivity contribution >= 4 is 11.9 Å². The molecule has 0 bridgehead atoms. The van der Waals surface area contributed by atoms with Crippen LogP contribution in [0.5, 0.6) is 0 Å². The van der Waals surface area contributed by atoms with Gasteiger partial charge in [0.25, 0.3) is 0 Å². The minimum atomic E-state index is -2.24. The molecule has 98 valence electrons. The third-order valence-electron chi connectivity index (χ3n) is 1.97. The fourth-order valence-corrected chi connectivity index (χ4v) is 1.08. The Morgan fingerprint density at radius 3 is 2.53 bits per heavy atom. The summed E-state index contributed by atoms with van der Waals surface area (Å²) in [5.41, 5.74) is 13.3. The van der Waals surface area contributed by atoms with E-state index in [1.807, 2.05) is 0 Å². The molecule has 0 radical (unpaired) electrons. The highest BCUT2D eigenvalue weighted by atomic mass is 16.6. The third kappa shape index (κ3) is 4.64. The SMILES string of the molecule is CCOC(=O)[C@@](N)(CCCN=C(N)N)[N+](=O)[O-]. The number of esters is 1. The standard InChI is InChI=1S/C8H17N5O4/c1-2-17-6(14)8(11,13(15)16)4-3-5-12-7(9)10/h2-5,11H2,1H3,(H4,9,10,12)/t8-/m1/s1. The lowest BCUT2D eigenvalue weighted by Gasteiger charge is -2.17. The third-order valence-corrected chi connectivity index (χ3v) is 1.97. The van der Waals surface area contributed by atoms with Crippen LogP contribution in [0.4, 0.5) is 0 Å². The summed E-state index contributed by atoms with van der Waals surface area (Å²) in [7, 11) is 0. The van der Waals surface area contributed by atoms with Crippen LogP contribution in [0.25, 0.3) is 0 Å². The quantitative estimate of drug-likeness (QED) is 0.0941. The van der Waals surface area contributed by atoms with Gasteiger partial charge in [0.15, 0.2) is 5.96 Å². The van der Waals surface area contributed by atoms with Crippen LogP contribution in [0.3, 0.4) is 0 Å². The fourth-order valence-electron chi connectivity index (χ4n) is 1.08. The second kappa shape index (κ2) is 6.63. The Morgan fingerprint density at radius 2 is 2.12 bits per heavy atom. The summed E-state index contributed by atoms with van der Waals surface area (Å²) in [4.78, 5) is 24.9. The van der Waals surface area contributed by atoms with Gasteiger partial charge in [-0.2, -0.15) is 0 Å². The summed E-state index contributed by atoms with van der Waals surface area (Å²) in [5.74, 6) is -1.18. The molecule has 0 aliphatic carbocycles. The number of guanidine groups is 1. The average molecular weight is 247 g/mol. The summed E-state index contributed by atoms with van der Waals surface area (Å²) < 4.78 is 4.56. The van der Waals surface area contributed by atoms with Gasteiger partial charge in [0.05, 0.1) is 11.5 Å². The van der Waals surface area contributed by atoms with Crippen molar-refractivity contribution in [1.29, 1.82) is 0 Å². The topological polar surface area (TPSA) is 160 Å². The van der Waals surface area contributed by atoms with E-state index >= 15 is 0 Å². The van der Waals surface area contributed by atoms with E-state index < -0.39 is 16.6 Å². The van der Waals surface area contributed by atoms with E-state index in [-0.39, 0.29) is 32.0 Å². The first-order chi connectivity index (χ1) is 7.84. The van der Waals surface area contributed by atoms with Gasteiger partial charge < -0.3 is 16.2 Å². The Kier molecular flexibility index (Phi) is 5.89. The summed E-state index contributed by atoms with van der Waals surface area (Å²) in [5, 5.41) is 10.8. The zero-order valence-corrected chi connectivity index (χ0v) is 9.59. The lowest BCUT2D eigenvalue weighted by molar-refractivity contribution is -0.555. The molecule has 0 aliphatic heterocycles. The number of nitro groups is 1. The Balaban J connectivity index is 4.47. The van der Waals surface area contributed by atoms with Crippen LogP contribution in [0, 0.1) is 10.1 Å². The van der Waals surface area contributed by atoms with E-state index in [0.29, 0.717) is 0 Å². The highest BCUT2D eigenvalue weighted by Crippen LogP contribution is 2.13. The van der Waals surface area contributed by atoms with E-state index in [2.05, 4.69) is 9.73 Å². The molecule has 9 heteroatoms. The molecule has 9 nitrogen and oxygen atoms in total. The predicted molar refractivity (Wildman–Crippen MR) is 60.5 cm³/mol.